The molecular weight excluding hydrogens is 408 g/mol. The number of nitrogens with one attached hydrogen (secondary N) is 2. The van der Waals surface area contributed by atoms with Crippen molar-refractivity contribution in [2.75, 3.05) is 6.54 Å². The van der Waals surface area contributed by atoms with Crippen LogP contribution in [0.15, 0.2) is 10.9 Å². The molecule has 0 aromatic carbocycles. The molecule has 0 bridgehead atoms. The van der Waals surface area contributed by atoms with Gasteiger partial charge in [-0.15, -0.1) is 0 Å². The van der Waals surface area contributed by atoms with Crippen molar-refractivity contribution in [1.82, 2.24) is 15.2 Å². The number of nitrogens with zero attached hydrogens (tertiary/aromatic N) is 1. The van der Waals surface area contributed by atoms with Crippen LogP contribution in [0.1, 0.15) is 86.8 Å². The number of rotatable bonds is 7. The first-order valence-corrected chi connectivity index (χ1v) is 11.8. The smallest absolute Gasteiger partial charge is 0.263 e. The molecule has 3 rings (SSSR count). The van der Waals surface area contributed by atoms with Gasteiger partial charge in [0.2, 0.25) is 11.8 Å². The molecule has 1 aromatic rings. The van der Waals surface area contributed by atoms with Crippen LogP contribution >= 0.6 is 0 Å². The molecule has 176 valence electrons. The van der Waals surface area contributed by atoms with Crippen LogP contribution in [-0.2, 0) is 29.0 Å². The maximum absolute atomic E-state index is 13.5. The second-order valence-electron chi connectivity index (χ2n) is 9.74. The number of fused-ring (bicyclic) bond motifs is 1. The first-order valence-electron chi connectivity index (χ1n) is 11.8. The third kappa shape index (κ3) is 5.78. The quantitative estimate of drug-likeness (QED) is 0.555. The zero-order chi connectivity index (χ0) is 23.3. The lowest BCUT2D eigenvalue weighted by molar-refractivity contribution is -0.128. The van der Waals surface area contributed by atoms with E-state index in [-0.39, 0.29) is 17.7 Å². The van der Waals surface area contributed by atoms with Crippen LogP contribution < -0.4 is 21.9 Å². The van der Waals surface area contributed by atoms with Crippen molar-refractivity contribution in [2.24, 2.45) is 11.7 Å². The molecular formula is C24H36N4O4. The Bertz CT molecular complexity index is 929. The molecule has 1 aromatic heterocycles. The van der Waals surface area contributed by atoms with Crippen LogP contribution in [0, 0.1) is 5.92 Å². The molecule has 2 aliphatic carbocycles. The topological polar surface area (TPSA) is 123 Å². The molecule has 1 heterocycles. The lowest BCUT2D eigenvalue weighted by Crippen LogP contribution is -2.56. The number of aromatic nitrogens is 1. The molecule has 8 heteroatoms. The maximum atomic E-state index is 13.5. The Balaban J connectivity index is 1.89. The van der Waals surface area contributed by atoms with Gasteiger partial charge in [0.05, 0.1) is 6.54 Å². The fourth-order valence-corrected chi connectivity index (χ4v) is 4.84. The molecule has 1 saturated carbocycles. The van der Waals surface area contributed by atoms with Gasteiger partial charge < -0.3 is 20.9 Å². The van der Waals surface area contributed by atoms with E-state index in [1.807, 2.05) is 4.57 Å². The van der Waals surface area contributed by atoms with Gasteiger partial charge in [-0.2, -0.15) is 0 Å². The van der Waals surface area contributed by atoms with Gasteiger partial charge in [0.15, 0.2) is 0 Å². The van der Waals surface area contributed by atoms with Crippen LogP contribution in [0.4, 0.5) is 0 Å². The Hall–Kier alpha value is -2.64. The molecule has 0 radical (unpaired) electrons. The summed E-state index contributed by atoms with van der Waals surface area (Å²) < 4.78 is 1.85. The van der Waals surface area contributed by atoms with Gasteiger partial charge in [0, 0.05) is 12.2 Å². The van der Waals surface area contributed by atoms with E-state index in [4.69, 9.17) is 5.73 Å². The van der Waals surface area contributed by atoms with Crippen LogP contribution in [0.5, 0.6) is 0 Å². The first-order chi connectivity index (χ1) is 15.2. The minimum Gasteiger partial charge on any atom is -0.368 e. The van der Waals surface area contributed by atoms with Crippen molar-refractivity contribution in [3.8, 4) is 0 Å². The molecule has 0 aliphatic heterocycles. The number of aryl methyl sites for hydroxylation is 1. The summed E-state index contributed by atoms with van der Waals surface area (Å²) in [5.41, 5.74) is 5.73. The summed E-state index contributed by atoms with van der Waals surface area (Å²) in [6.07, 6.45) is 10.8. The van der Waals surface area contributed by atoms with E-state index in [1.54, 1.807) is 6.07 Å². The summed E-state index contributed by atoms with van der Waals surface area (Å²) in [4.78, 5) is 50.0. The Morgan fingerprint density at radius 3 is 2.41 bits per heavy atom. The number of primary amides is 1. The first kappa shape index (κ1) is 24.0. The Labute approximate surface area is 189 Å². The minimum absolute atomic E-state index is 0.0808. The van der Waals surface area contributed by atoms with E-state index in [0.717, 1.165) is 56.2 Å². The highest BCUT2D eigenvalue weighted by atomic mass is 16.2. The average Bonchev–Trinajstić information content (AvgIpc) is 2.99. The number of hydrogen-bond acceptors (Lipinski definition) is 4. The third-order valence-electron chi connectivity index (χ3n) is 6.68. The highest BCUT2D eigenvalue weighted by Crippen LogP contribution is 2.27. The second kappa shape index (κ2) is 10.3. The van der Waals surface area contributed by atoms with Gasteiger partial charge in [0.25, 0.3) is 11.5 Å². The van der Waals surface area contributed by atoms with Crippen molar-refractivity contribution in [1.29, 1.82) is 0 Å². The number of nitrogens with two attached hydrogens (primary N) is 1. The van der Waals surface area contributed by atoms with E-state index in [9.17, 15) is 19.2 Å². The summed E-state index contributed by atoms with van der Waals surface area (Å²) >= 11 is 0. The summed E-state index contributed by atoms with van der Waals surface area (Å²) in [6.45, 7) is 3.41. The highest BCUT2D eigenvalue weighted by Gasteiger charge is 2.32. The van der Waals surface area contributed by atoms with Crippen molar-refractivity contribution < 1.29 is 14.4 Å². The summed E-state index contributed by atoms with van der Waals surface area (Å²) in [5, 5.41) is 5.08. The summed E-state index contributed by atoms with van der Waals surface area (Å²) in [7, 11) is 0. The largest absolute Gasteiger partial charge is 0.368 e. The Kier molecular flexibility index (Phi) is 7.74. The van der Waals surface area contributed by atoms with E-state index >= 15 is 0 Å². The van der Waals surface area contributed by atoms with E-state index in [1.165, 1.54) is 33.1 Å². The molecule has 0 saturated heterocycles. The zero-order valence-corrected chi connectivity index (χ0v) is 19.3. The Morgan fingerprint density at radius 2 is 1.72 bits per heavy atom. The normalized spacial score (nSPS) is 17.2. The van der Waals surface area contributed by atoms with Crippen LogP contribution in [0.2, 0.25) is 0 Å². The van der Waals surface area contributed by atoms with Crippen LogP contribution in [0.3, 0.4) is 0 Å². The monoisotopic (exact) mass is 444 g/mol. The number of hydrogen-bond donors (Lipinski definition) is 3. The van der Waals surface area contributed by atoms with Crippen LogP contribution in [-0.4, -0.2) is 34.4 Å². The molecule has 0 unspecified atom stereocenters. The minimum atomic E-state index is -1.31. The predicted molar refractivity (Wildman–Crippen MR) is 122 cm³/mol. The van der Waals surface area contributed by atoms with Gasteiger partial charge in [-0.1, -0.05) is 25.7 Å². The van der Waals surface area contributed by atoms with E-state index < -0.39 is 23.3 Å². The number of carbonyl (C=O) groups is 3. The lowest BCUT2D eigenvalue weighted by atomic mass is 9.89. The molecule has 3 amide bonds. The van der Waals surface area contributed by atoms with E-state index in [0.29, 0.717) is 12.5 Å². The zero-order valence-electron chi connectivity index (χ0n) is 19.3. The van der Waals surface area contributed by atoms with E-state index in [2.05, 4.69) is 10.6 Å². The summed E-state index contributed by atoms with van der Waals surface area (Å²) in [5.74, 6) is -1.32. The van der Waals surface area contributed by atoms with Crippen LogP contribution in [0.25, 0.3) is 0 Å². The molecule has 4 N–H and O–H groups in total. The number of amides is 3. The second-order valence-corrected chi connectivity index (χ2v) is 9.74. The third-order valence-corrected chi connectivity index (χ3v) is 6.68. The van der Waals surface area contributed by atoms with Gasteiger partial charge >= 0.3 is 0 Å². The standard InChI is InChI=1S/C24H36N4O4/c1-24(2,23(32)26-14-20(25)29)27-21(30)18-13-17-11-7-4-8-12-19(17)28(22(18)31)15-16-9-5-3-6-10-16/h13,16H,3-12,14-15H2,1-2H3,(H2,25,29)(H,26,32)(H,27,30). The fourth-order valence-electron chi connectivity index (χ4n) is 4.84. The lowest BCUT2D eigenvalue weighted by Gasteiger charge is -2.27. The highest BCUT2D eigenvalue weighted by molar-refractivity contribution is 5.99. The van der Waals surface area contributed by atoms with Gasteiger partial charge in [-0.3, -0.25) is 19.2 Å². The molecule has 0 atom stereocenters. The van der Waals surface area contributed by atoms with Crippen molar-refractivity contribution in [3.63, 3.8) is 0 Å². The fraction of sp³-hybridized carbons (Fsp3) is 0.667. The van der Waals surface area contributed by atoms with Gasteiger partial charge in [0.1, 0.15) is 11.1 Å². The molecule has 2 aliphatic rings. The van der Waals surface area contributed by atoms with Gasteiger partial charge in [-0.05, 0) is 69.9 Å². The molecule has 8 nitrogen and oxygen atoms in total. The van der Waals surface area contributed by atoms with Gasteiger partial charge in [-0.25, -0.2) is 0 Å². The average molecular weight is 445 g/mol. The molecule has 1 fully saturated rings. The molecule has 32 heavy (non-hydrogen) atoms. The van der Waals surface area contributed by atoms with Crippen molar-refractivity contribution in [3.05, 3.63) is 33.2 Å². The molecule has 0 spiro atoms. The maximum Gasteiger partial charge on any atom is 0.263 e. The predicted octanol–water partition coefficient (Wildman–Crippen LogP) is 1.81. The number of carbonyl (C=O) groups excluding carboxylic acids is 3. The van der Waals surface area contributed by atoms with Crippen molar-refractivity contribution in [2.45, 2.75) is 90.1 Å². The van der Waals surface area contributed by atoms with Crippen molar-refractivity contribution >= 4 is 17.7 Å². The Morgan fingerprint density at radius 1 is 1.06 bits per heavy atom. The number of pyridine rings is 1. The SMILES string of the molecule is CC(C)(NC(=O)c1cc2c(n(CC3CCCCC3)c1=O)CCCCC2)C(=O)NCC(N)=O. The summed E-state index contributed by atoms with van der Waals surface area (Å²) in [6, 6.07) is 1.73.